The number of carbonyl (C=O) groups is 4. The van der Waals surface area contributed by atoms with Crippen LogP contribution in [0.15, 0.2) is 108 Å². The van der Waals surface area contributed by atoms with Gasteiger partial charge in [-0.1, -0.05) is 78.9 Å². The Labute approximate surface area is 300 Å². The van der Waals surface area contributed by atoms with Gasteiger partial charge in [0.15, 0.2) is 5.78 Å². The van der Waals surface area contributed by atoms with E-state index in [1.807, 2.05) is 103 Å². The number of rotatable bonds is 10. The number of Topliss-reactive ketones (excluding diaryl/α,β-unsaturated/α-hetero) is 1. The molecule has 1 aromatic heterocycles. The molecule has 8 nitrogen and oxygen atoms in total. The molecule has 2 N–H and O–H groups in total. The highest BCUT2D eigenvalue weighted by Gasteiger charge is 2.35. The van der Waals surface area contributed by atoms with Gasteiger partial charge >= 0.3 is 0 Å². The molecule has 0 aliphatic carbocycles. The first kappa shape index (κ1) is 33.5. The smallest absolute Gasteiger partial charge is 0.247 e. The average molecular weight is 732 g/mol. The van der Waals surface area contributed by atoms with Gasteiger partial charge in [-0.25, -0.2) is 0 Å². The second-order valence-corrected chi connectivity index (χ2v) is 14.0. The summed E-state index contributed by atoms with van der Waals surface area (Å²) in [5.74, 6) is -0.142. The highest BCUT2D eigenvalue weighted by molar-refractivity contribution is 9.10. The number of nitrogens with one attached hydrogen (secondary N) is 2. The highest BCUT2D eigenvalue weighted by atomic mass is 79.9. The molecule has 0 unspecified atom stereocenters. The zero-order valence-corrected chi connectivity index (χ0v) is 29.3. The minimum absolute atomic E-state index is 0.000513. The van der Waals surface area contributed by atoms with E-state index >= 15 is 0 Å². The lowest BCUT2D eigenvalue weighted by atomic mass is 10.0. The number of benzene rings is 4. The van der Waals surface area contributed by atoms with Gasteiger partial charge < -0.3 is 20.1 Å². The van der Waals surface area contributed by atoms with Crippen molar-refractivity contribution in [3.63, 3.8) is 0 Å². The number of fused-ring (bicyclic) bond motifs is 1. The maximum absolute atomic E-state index is 13.5. The molecule has 0 bridgehead atoms. The number of aromatic nitrogens is 1. The molecule has 4 aromatic carbocycles. The normalized spacial score (nSPS) is 17.3. The largest absolute Gasteiger partial charge is 0.354 e. The number of hydrogen-bond acceptors (Lipinski definition) is 4. The van der Waals surface area contributed by atoms with Crippen LogP contribution in [0.1, 0.15) is 42.4 Å². The monoisotopic (exact) mass is 730 g/mol. The van der Waals surface area contributed by atoms with Crippen LogP contribution >= 0.6 is 15.9 Å². The van der Waals surface area contributed by atoms with Gasteiger partial charge in [-0.2, -0.15) is 0 Å². The molecule has 2 saturated heterocycles. The van der Waals surface area contributed by atoms with E-state index in [1.54, 1.807) is 9.80 Å². The van der Waals surface area contributed by atoms with Gasteiger partial charge in [0.1, 0.15) is 6.04 Å². The molecule has 2 aliphatic rings. The number of ketones is 1. The predicted octanol–water partition coefficient (Wildman–Crippen LogP) is 7.11. The number of likely N-dealkylation sites (tertiary alicyclic amines) is 2. The van der Waals surface area contributed by atoms with Crippen molar-refractivity contribution in [2.24, 2.45) is 0 Å². The molecule has 2 aliphatic heterocycles. The number of nitrogens with zero attached hydrogens (tertiary/aromatic N) is 2. The number of carbonyl (C=O) groups excluding carboxylic acids is 4. The molecule has 0 radical (unpaired) electrons. The Kier molecular flexibility index (Phi) is 9.94. The molecule has 3 amide bonds. The fraction of sp³-hybridized carbons (Fsp3) is 0.268. The fourth-order valence-electron chi connectivity index (χ4n) is 7.26. The van der Waals surface area contributed by atoms with Gasteiger partial charge in [-0.3, -0.25) is 19.2 Å². The third kappa shape index (κ3) is 7.28. The van der Waals surface area contributed by atoms with Crippen molar-refractivity contribution in [1.82, 2.24) is 14.8 Å². The molecule has 2 fully saturated rings. The minimum Gasteiger partial charge on any atom is -0.354 e. The summed E-state index contributed by atoms with van der Waals surface area (Å²) in [6.45, 7) is 1.20. The maximum Gasteiger partial charge on any atom is 0.247 e. The second kappa shape index (κ2) is 14.8. The average Bonchev–Trinajstić information content (AvgIpc) is 3.89. The standard InChI is InChI=1S/C41H39BrN4O4/c42-39-32-23-29(24-36(47)34-13-7-21-45(34)37(48)25-27-9-3-1-4-10-27)15-20-33(32)44-40(39)30-16-18-31(19-17-30)43-41(50)35-14-8-22-46(35)38(49)26-28-11-5-2-6-12-28/h1-6,9-12,15-20,23,34-35,44H,7-8,13-14,21-22,24-26H2,(H,43,50)/t34-,35-/m0/s1. The summed E-state index contributed by atoms with van der Waals surface area (Å²) in [4.78, 5) is 59.8. The zero-order valence-electron chi connectivity index (χ0n) is 27.7. The molecule has 2 atom stereocenters. The molecule has 50 heavy (non-hydrogen) atoms. The Morgan fingerprint density at radius 3 is 1.88 bits per heavy atom. The van der Waals surface area contributed by atoms with Crippen molar-refractivity contribution >= 4 is 56.0 Å². The lowest BCUT2D eigenvalue weighted by Gasteiger charge is -2.24. The van der Waals surface area contributed by atoms with Crippen molar-refractivity contribution in [3.05, 3.63) is 124 Å². The third-order valence-corrected chi connectivity index (χ3v) is 10.7. The van der Waals surface area contributed by atoms with E-state index < -0.39 is 12.1 Å². The van der Waals surface area contributed by atoms with E-state index in [4.69, 9.17) is 0 Å². The number of amides is 3. The van der Waals surface area contributed by atoms with Crippen molar-refractivity contribution in [3.8, 4) is 11.3 Å². The number of halogens is 1. The first-order valence-electron chi connectivity index (χ1n) is 17.2. The summed E-state index contributed by atoms with van der Waals surface area (Å²) in [7, 11) is 0. The predicted molar refractivity (Wildman–Crippen MR) is 199 cm³/mol. The number of H-pyrrole nitrogens is 1. The minimum atomic E-state index is -0.485. The molecule has 3 heterocycles. The maximum atomic E-state index is 13.5. The molecule has 0 spiro atoms. The van der Waals surface area contributed by atoms with Crippen LogP contribution in [-0.4, -0.2) is 63.5 Å². The van der Waals surface area contributed by atoms with Gasteiger partial charge in [-0.15, -0.1) is 0 Å². The Balaban J connectivity index is 0.991. The Bertz CT molecular complexity index is 2030. The van der Waals surface area contributed by atoms with Crippen LogP contribution in [0.5, 0.6) is 0 Å². The lowest BCUT2D eigenvalue weighted by molar-refractivity contribution is -0.136. The van der Waals surface area contributed by atoms with Crippen LogP contribution in [0.3, 0.4) is 0 Å². The first-order valence-corrected chi connectivity index (χ1v) is 18.0. The molecule has 7 rings (SSSR count). The van der Waals surface area contributed by atoms with E-state index in [9.17, 15) is 19.2 Å². The third-order valence-electron chi connectivity index (χ3n) is 9.84. The molecule has 9 heteroatoms. The summed E-state index contributed by atoms with van der Waals surface area (Å²) < 4.78 is 0.887. The second-order valence-electron chi connectivity index (χ2n) is 13.2. The lowest BCUT2D eigenvalue weighted by Crippen LogP contribution is -2.43. The van der Waals surface area contributed by atoms with Crippen LogP contribution in [0.4, 0.5) is 5.69 Å². The quantitative estimate of drug-likeness (QED) is 0.160. The highest BCUT2D eigenvalue weighted by Crippen LogP contribution is 2.36. The van der Waals surface area contributed by atoms with Crippen molar-refractivity contribution in [1.29, 1.82) is 0 Å². The van der Waals surface area contributed by atoms with Crippen LogP contribution in [-0.2, 0) is 38.4 Å². The van der Waals surface area contributed by atoms with Crippen LogP contribution in [0.2, 0.25) is 0 Å². The number of hydrogen-bond donors (Lipinski definition) is 2. The summed E-state index contributed by atoms with van der Waals surface area (Å²) in [5, 5.41) is 3.98. The number of anilines is 1. The fourth-order valence-corrected chi connectivity index (χ4v) is 7.92. The van der Waals surface area contributed by atoms with E-state index in [-0.39, 0.29) is 36.3 Å². The van der Waals surface area contributed by atoms with Gasteiger partial charge in [0.05, 0.1) is 29.1 Å². The number of aromatic amines is 1. The van der Waals surface area contributed by atoms with Crippen LogP contribution in [0.25, 0.3) is 22.2 Å². The summed E-state index contributed by atoms with van der Waals surface area (Å²) in [6, 6.07) is 32.0. The summed E-state index contributed by atoms with van der Waals surface area (Å²) in [6.07, 6.45) is 3.82. The van der Waals surface area contributed by atoms with E-state index in [0.717, 1.165) is 56.2 Å². The Hall–Kier alpha value is -5.02. The van der Waals surface area contributed by atoms with Gasteiger partial charge in [-0.05, 0) is 88.1 Å². The summed E-state index contributed by atoms with van der Waals surface area (Å²) in [5.41, 5.74) is 6.22. The van der Waals surface area contributed by atoms with Crippen molar-refractivity contribution < 1.29 is 19.2 Å². The van der Waals surface area contributed by atoms with E-state index in [2.05, 4.69) is 26.2 Å². The molecule has 5 aromatic rings. The topological polar surface area (TPSA) is 103 Å². The molecule has 254 valence electrons. The SMILES string of the molecule is O=C(Cc1ccc2[nH]c(-c3ccc(NC(=O)[C@@H]4CCCN4C(=O)Cc4ccccc4)cc3)c(Br)c2c1)[C@@H]1CCCN1C(=O)Cc1ccccc1. The zero-order chi connectivity index (χ0) is 34.6. The van der Waals surface area contributed by atoms with Gasteiger partial charge in [0.2, 0.25) is 17.7 Å². The van der Waals surface area contributed by atoms with Crippen molar-refractivity contribution in [2.45, 2.75) is 57.0 Å². The summed E-state index contributed by atoms with van der Waals surface area (Å²) >= 11 is 3.79. The Morgan fingerprint density at radius 2 is 1.26 bits per heavy atom. The first-order chi connectivity index (χ1) is 24.3. The molecule has 0 saturated carbocycles. The van der Waals surface area contributed by atoms with Crippen LogP contribution in [0, 0.1) is 0 Å². The van der Waals surface area contributed by atoms with Gasteiger partial charge in [0.25, 0.3) is 0 Å². The van der Waals surface area contributed by atoms with E-state index in [1.165, 1.54) is 0 Å². The molecular formula is C41H39BrN4O4. The van der Waals surface area contributed by atoms with Gasteiger partial charge in [0, 0.05) is 36.1 Å². The van der Waals surface area contributed by atoms with Crippen LogP contribution < -0.4 is 5.32 Å². The molecular weight excluding hydrogens is 692 g/mol. The van der Waals surface area contributed by atoms with E-state index in [0.29, 0.717) is 38.0 Å². The van der Waals surface area contributed by atoms with Crippen molar-refractivity contribution in [2.75, 3.05) is 18.4 Å². The Morgan fingerprint density at radius 1 is 0.680 bits per heavy atom.